The third-order valence-corrected chi connectivity index (χ3v) is 3.85. The second-order valence-electron chi connectivity index (χ2n) is 3.71. The fraction of sp³-hybridized carbons (Fsp3) is 0.600. The van der Waals surface area contributed by atoms with E-state index in [1.165, 1.54) is 11.5 Å². The van der Waals surface area contributed by atoms with E-state index in [4.69, 9.17) is 11.6 Å². The van der Waals surface area contributed by atoms with Gasteiger partial charge < -0.3 is 5.32 Å². The SMILES string of the molecule is O=C(CCl)Nc1ccn(C2CCSCC2)n1. The number of carbonyl (C=O) groups is 1. The lowest BCUT2D eigenvalue weighted by Crippen LogP contribution is -2.17. The van der Waals surface area contributed by atoms with Crippen molar-refractivity contribution in [3.63, 3.8) is 0 Å². The predicted molar refractivity (Wildman–Crippen MR) is 67.2 cm³/mol. The molecule has 1 fully saturated rings. The van der Waals surface area contributed by atoms with E-state index in [0.29, 0.717) is 11.9 Å². The van der Waals surface area contributed by atoms with E-state index < -0.39 is 0 Å². The summed E-state index contributed by atoms with van der Waals surface area (Å²) in [6.07, 6.45) is 4.22. The lowest BCUT2D eigenvalue weighted by atomic mass is 10.2. The summed E-state index contributed by atoms with van der Waals surface area (Å²) in [4.78, 5) is 11.1. The van der Waals surface area contributed by atoms with Gasteiger partial charge in [-0.1, -0.05) is 0 Å². The lowest BCUT2D eigenvalue weighted by Gasteiger charge is -2.21. The molecule has 1 aliphatic rings. The minimum atomic E-state index is -0.217. The molecular formula is C10H14ClN3OS. The van der Waals surface area contributed by atoms with E-state index >= 15 is 0 Å². The number of aromatic nitrogens is 2. The molecule has 16 heavy (non-hydrogen) atoms. The summed E-state index contributed by atoms with van der Waals surface area (Å²) in [5.74, 6) is 2.71. The molecule has 1 amide bonds. The number of thioether (sulfide) groups is 1. The molecule has 4 nitrogen and oxygen atoms in total. The Labute approximate surface area is 104 Å². The van der Waals surface area contributed by atoms with Gasteiger partial charge in [-0.05, 0) is 24.3 Å². The molecule has 0 aliphatic carbocycles. The molecule has 0 atom stereocenters. The van der Waals surface area contributed by atoms with Crippen LogP contribution in [0.15, 0.2) is 12.3 Å². The first-order chi connectivity index (χ1) is 7.79. The van der Waals surface area contributed by atoms with Gasteiger partial charge >= 0.3 is 0 Å². The predicted octanol–water partition coefficient (Wildman–Crippen LogP) is 2.13. The summed E-state index contributed by atoms with van der Waals surface area (Å²) in [6, 6.07) is 2.29. The largest absolute Gasteiger partial charge is 0.308 e. The minimum absolute atomic E-state index is 0.0348. The highest BCUT2D eigenvalue weighted by Gasteiger charge is 2.16. The molecule has 1 aromatic rings. The van der Waals surface area contributed by atoms with Crippen LogP contribution < -0.4 is 5.32 Å². The van der Waals surface area contributed by atoms with E-state index in [2.05, 4.69) is 10.4 Å². The summed E-state index contributed by atoms with van der Waals surface area (Å²) in [5.41, 5.74) is 0. The first-order valence-electron chi connectivity index (χ1n) is 5.28. The zero-order valence-electron chi connectivity index (χ0n) is 8.86. The molecule has 1 aromatic heterocycles. The highest BCUT2D eigenvalue weighted by atomic mass is 35.5. The van der Waals surface area contributed by atoms with E-state index in [0.717, 1.165) is 12.8 Å². The van der Waals surface area contributed by atoms with Crippen molar-refractivity contribution in [2.24, 2.45) is 0 Å². The molecule has 88 valence electrons. The maximum absolute atomic E-state index is 11.1. The fourth-order valence-electron chi connectivity index (χ4n) is 1.73. The molecule has 6 heteroatoms. The van der Waals surface area contributed by atoms with Crippen molar-refractivity contribution < 1.29 is 4.79 Å². The fourth-order valence-corrected chi connectivity index (χ4v) is 2.88. The molecule has 0 unspecified atom stereocenters. The Morgan fingerprint density at radius 2 is 2.38 bits per heavy atom. The summed E-state index contributed by atoms with van der Waals surface area (Å²) < 4.78 is 1.95. The number of nitrogens with one attached hydrogen (secondary N) is 1. The zero-order chi connectivity index (χ0) is 11.4. The molecule has 2 rings (SSSR count). The van der Waals surface area contributed by atoms with Crippen molar-refractivity contribution >= 4 is 35.1 Å². The van der Waals surface area contributed by atoms with Gasteiger partial charge in [0.25, 0.3) is 0 Å². The maximum atomic E-state index is 11.1. The van der Waals surface area contributed by atoms with E-state index in [1.807, 2.05) is 28.7 Å². The second-order valence-corrected chi connectivity index (χ2v) is 5.20. The average molecular weight is 260 g/mol. The number of alkyl halides is 1. The Kier molecular flexibility index (Phi) is 4.12. The highest BCUT2D eigenvalue weighted by Crippen LogP contribution is 2.26. The molecule has 2 heterocycles. The number of nitrogens with zero attached hydrogens (tertiary/aromatic N) is 2. The molecule has 0 bridgehead atoms. The normalized spacial score (nSPS) is 17.3. The van der Waals surface area contributed by atoms with Crippen molar-refractivity contribution in [1.82, 2.24) is 9.78 Å². The minimum Gasteiger partial charge on any atom is -0.308 e. The van der Waals surface area contributed by atoms with E-state index in [-0.39, 0.29) is 11.8 Å². The second kappa shape index (κ2) is 5.59. The quantitative estimate of drug-likeness (QED) is 0.846. The van der Waals surface area contributed by atoms with Gasteiger partial charge in [-0.2, -0.15) is 16.9 Å². The van der Waals surface area contributed by atoms with Gasteiger partial charge in [-0.25, -0.2) is 0 Å². The van der Waals surface area contributed by atoms with Crippen LogP contribution in [0.5, 0.6) is 0 Å². The number of anilines is 1. The Bertz CT molecular complexity index is 363. The van der Waals surface area contributed by atoms with Gasteiger partial charge in [0, 0.05) is 12.3 Å². The Balaban J connectivity index is 1.98. The number of amides is 1. The first-order valence-corrected chi connectivity index (χ1v) is 6.97. The van der Waals surface area contributed by atoms with Gasteiger partial charge in [0.15, 0.2) is 5.82 Å². The topological polar surface area (TPSA) is 46.9 Å². The van der Waals surface area contributed by atoms with Crippen LogP contribution in [-0.4, -0.2) is 33.1 Å². The third-order valence-electron chi connectivity index (χ3n) is 2.56. The Morgan fingerprint density at radius 1 is 1.62 bits per heavy atom. The molecule has 0 spiro atoms. The summed E-state index contributed by atoms with van der Waals surface area (Å²) in [5, 5.41) is 6.98. The summed E-state index contributed by atoms with van der Waals surface area (Å²) in [6.45, 7) is 0. The number of rotatable bonds is 3. The van der Waals surface area contributed by atoms with Gasteiger partial charge in [0.1, 0.15) is 5.88 Å². The van der Waals surface area contributed by atoms with Crippen molar-refractivity contribution in [3.05, 3.63) is 12.3 Å². The Hall–Kier alpha value is -0.680. The van der Waals surface area contributed by atoms with Crippen molar-refractivity contribution in [2.75, 3.05) is 22.7 Å². The smallest absolute Gasteiger partial charge is 0.240 e. The van der Waals surface area contributed by atoms with Crippen LogP contribution >= 0.6 is 23.4 Å². The summed E-state index contributed by atoms with van der Waals surface area (Å²) in [7, 11) is 0. The van der Waals surface area contributed by atoms with Crippen LogP contribution in [0.3, 0.4) is 0 Å². The van der Waals surface area contributed by atoms with Crippen LogP contribution in [-0.2, 0) is 4.79 Å². The van der Waals surface area contributed by atoms with Crippen LogP contribution in [0.1, 0.15) is 18.9 Å². The van der Waals surface area contributed by atoms with Crippen LogP contribution in [0, 0.1) is 0 Å². The molecular weight excluding hydrogens is 246 g/mol. The highest BCUT2D eigenvalue weighted by molar-refractivity contribution is 7.99. The molecule has 1 saturated heterocycles. The molecule has 1 aliphatic heterocycles. The Morgan fingerprint density at radius 3 is 3.06 bits per heavy atom. The lowest BCUT2D eigenvalue weighted by molar-refractivity contribution is -0.113. The number of carbonyl (C=O) groups excluding carboxylic acids is 1. The van der Waals surface area contributed by atoms with Gasteiger partial charge in [-0.15, -0.1) is 11.6 Å². The molecule has 0 saturated carbocycles. The molecule has 1 N–H and O–H groups in total. The number of hydrogen-bond acceptors (Lipinski definition) is 3. The van der Waals surface area contributed by atoms with Crippen LogP contribution in [0.25, 0.3) is 0 Å². The number of halogens is 1. The van der Waals surface area contributed by atoms with Crippen molar-refractivity contribution in [1.29, 1.82) is 0 Å². The van der Waals surface area contributed by atoms with Gasteiger partial charge in [0.2, 0.25) is 5.91 Å². The average Bonchev–Trinajstić information content (AvgIpc) is 2.78. The zero-order valence-corrected chi connectivity index (χ0v) is 10.4. The van der Waals surface area contributed by atoms with Crippen molar-refractivity contribution in [3.8, 4) is 0 Å². The standard InChI is InChI=1S/C10H14ClN3OS/c11-7-10(15)12-9-1-4-14(13-9)8-2-5-16-6-3-8/h1,4,8H,2-3,5-7H2,(H,12,13,15). The van der Waals surface area contributed by atoms with Gasteiger partial charge in [0.05, 0.1) is 6.04 Å². The van der Waals surface area contributed by atoms with E-state index in [1.54, 1.807) is 0 Å². The van der Waals surface area contributed by atoms with Crippen molar-refractivity contribution in [2.45, 2.75) is 18.9 Å². The van der Waals surface area contributed by atoms with Gasteiger partial charge in [-0.3, -0.25) is 9.48 Å². The summed E-state index contributed by atoms with van der Waals surface area (Å²) >= 11 is 7.39. The van der Waals surface area contributed by atoms with Crippen LogP contribution in [0.2, 0.25) is 0 Å². The number of hydrogen-bond donors (Lipinski definition) is 1. The van der Waals surface area contributed by atoms with E-state index in [9.17, 15) is 4.79 Å². The first kappa shape index (κ1) is 11.8. The molecule has 0 radical (unpaired) electrons. The maximum Gasteiger partial charge on any atom is 0.240 e. The monoisotopic (exact) mass is 259 g/mol. The van der Waals surface area contributed by atoms with Crippen LogP contribution in [0.4, 0.5) is 5.82 Å². The molecule has 0 aromatic carbocycles. The third kappa shape index (κ3) is 2.92.